The maximum atomic E-state index is 10.8. The highest BCUT2D eigenvalue weighted by Crippen LogP contribution is 2.01. The SMILES string of the molecule is COC(=O)COCCOCCOCCOCCOCCOCCOCCOCCOCCOCCO[Si](C)(C)C. The maximum absolute atomic E-state index is 10.8. The van der Waals surface area contributed by atoms with Crippen LogP contribution >= 0.6 is 0 Å². The Morgan fingerprint density at radius 1 is 0.400 bits per heavy atom. The van der Waals surface area contributed by atoms with Gasteiger partial charge in [0.1, 0.15) is 6.61 Å². The van der Waals surface area contributed by atoms with Gasteiger partial charge in [-0.05, 0) is 19.6 Å². The second-order valence-electron chi connectivity index (χ2n) is 9.10. The molecule has 0 atom stereocenters. The van der Waals surface area contributed by atoms with Crippen LogP contribution in [0.3, 0.4) is 0 Å². The summed E-state index contributed by atoms with van der Waals surface area (Å²) in [6, 6.07) is 0. The minimum atomic E-state index is -1.45. The lowest BCUT2D eigenvalue weighted by molar-refractivity contribution is -0.146. The van der Waals surface area contributed by atoms with Gasteiger partial charge >= 0.3 is 5.97 Å². The zero-order valence-corrected chi connectivity index (χ0v) is 26.2. The monoisotopic (exact) mass is 602 g/mol. The van der Waals surface area contributed by atoms with Gasteiger partial charge in [0.25, 0.3) is 0 Å². The largest absolute Gasteiger partial charge is 0.467 e. The molecule has 0 aliphatic rings. The van der Waals surface area contributed by atoms with Crippen LogP contribution in [0.25, 0.3) is 0 Å². The normalized spacial score (nSPS) is 11.8. The molecule has 0 radical (unpaired) electrons. The summed E-state index contributed by atoms with van der Waals surface area (Å²) in [6.07, 6.45) is 0. The Kier molecular flexibility index (Phi) is 30.6. The smallest absolute Gasteiger partial charge is 0.331 e. The van der Waals surface area contributed by atoms with E-state index >= 15 is 0 Å². The first-order chi connectivity index (χ1) is 19.5. The molecule has 240 valence electrons. The highest BCUT2D eigenvalue weighted by atomic mass is 28.4. The molecule has 0 N–H and O–H groups in total. The van der Waals surface area contributed by atoms with E-state index in [2.05, 4.69) is 24.4 Å². The third kappa shape index (κ3) is 35.3. The summed E-state index contributed by atoms with van der Waals surface area (Å²) in [5.74, 6) is -0.406. The molecule has 0 unspecified atom stereocenters. The van der Waals surface area contributed by atoms with Crippen LogP contribution in [0.2, 0.25) is 19.6 Å². The molecular formula is C26H54O13Si. The highest BCUT2D eigenvalue weighted by molar-refractivity contribution is 6.69. The van der Waals surface area contributed by atoms with E-state index in [4.69, 9.17) is 51.8 Å². The molecule has 0 aromatic rings. The second kappa shape index (κ2) is 31.2. The number of esters is 1. The fourth-order valence-corrected chi connectivity index (χ4v) is 3.30. The van der Waals surface area contributed by atoms with Crippen LogP contribution in [0.1, 0.15) is 0 Å². The summed E-state index contributed by atoms with van der Waals surface area (Å²) in [4.78, 5) is 10.8. The number of carbonyl (C=O) groups excluding carboxylic acids is 1. The summed E-state index contributed by atoms with van der Waals surface area (Å²) in [5.41, 5.74) is 0. The minimum Gasteiger partial charge on any atom is -0.467 e. The Hall–Kier alpha value is -0.753. The molecule has 0 spiro atoms. The van der Waals surface area contributed by atoms with E-state index in [1.807, 2.05) is 0 Å². The van der Waals surface area contributed by atoms with E-state index in [1.54, 1.807) is 0 Å². The van der Waals surface area contributed by atoms with Crippen molar-refractivity contribution in [2.45, 2.75) is 19.6 Å². The van der Waals surface area contributed by atoms with Gasteiger partial charge in [-0.1, -0.05) is 0 Å². The van der Waals surface area contributed by atoms with Crippen LogP contribution in [-0.4, -0.2) is 160 Å². The quantitative estimate of drug-likeness (QED) is 0.0606. The maximum Gasteiger partial charge on any atom is 0.331 e. The number of carbonyl (C=O) groups is 1. The Morgan fingerprint density at radius 3 is 0.850 bits per heavy atom. The van der Waals surface area contributed by atoms with Crippen LogP contribution in [-0.2, 0) is 61.3 Å². The van der Waals surface area contributed by atoms with Crippen LogP contribution in [0, 0.1) is 0 Å². The van der Waals surface area contributed by atoms with Crippen LogP contribution in [0.5, 0.6) is 0 Å². The van der Waals surface area contributed by atoms with E-state index in [1.165, 1.54) is 7.11 Å². The molecule has 0 saturated carbocycles. The van der Waals surface area contributed by atoms with Crippen molar-refractivity contribution in [2.75, 3.05) is 146 Å². The van der Waals surface area contributed by atoms with Gasteiger partial charge in [-0.25, -0.2) is 4.79 Å². The van der Waals surface area contributed by atoms with Gasteiger partial charge in [-0.3, -0.25) is 0 Å². The Labute approximate surface area is 241 Å². The molecule has 0 aromatic heterocycles. The molecule has 14 heteroatoms. The molecule has 0 saturated heterocycles. The van der Waals surface area contributed by atoms with Crippen molar-refractivity contribution in [3.8, 4) is 0 Å². The Morgan fingerprint density at radius 2 is 0.625 bits per heavy atom. The first kappa shape index (κ1) is 39.2. The standard InChI is InChI=1S/C26H54O13Si/c1-28-26(27)25-38-22-21-36-18-17-34-14-13-32-10-9-30-6-5-29-7-8-31-11-12-33-15-16-35-19-20-37-23-24-39-40(2,3)4/h5-25H2,1-4H3. The molecule has 0 aliphatic heterocycles. The van der Waals surface area contributed by atoms with E-state index in [-0.39, 0.29) is 6.61 Å². The summed E-state index contributed by atoms with van der Waals surface area (Å²) >= 11 is 0. The van der Waals surface area contributed by atoms with Gasteiger partial charge in [-0.2, -0.15) is 0 Å². The van der Waals surface area contributed by atoms with Gasteiger partial charge in [0, 0.05) is 0 Å². The molecule has 0 aromatic carbocycles. The molecular weight excluding hydrogens is 548 g/mol. The molecule has 40 heavy (non-hydrogen) atoms. The number of methoxy groups -OCH3 is 1. The summed E-state index contributed by atoms with van der Waals surface area (Å²) in [5, 5.41) is 0. The Bertz CT molecular complexity index is 523. The van der Waals surface area contributed by atoms with Gasteiger partial charge in [0.05, 0.1) is 139 Å². The van der Waals surface area contributed by atoms with Crippen LogP contribution in [0.4, 0.5) is 0 Å². The highest BCUT2D eigenvalue weighted by Gasteiger charge is 2.13. The van der Waals surface area contributed by atoms with Crippen LogP contribution < -0.4 is 0 Å². The predicted molar refractivity (Wildman–Crippen MR) is 150 cm³/mol. The van der Waals surface area contributed by atoms with Gasteiger partial charge in [-0.15, -0.1) is 0 Å². The molecule has 0 aliphatic carbocycles. The number of rotatable bonds is 33. The minimum absolute atomic E-state index is 0.0678. The lowest BCUT2D eigenvalue weighted by Crippen LogP contribution is -2.27. The first-order valence-corrected chi connectivity index (χ1v) is 17.3. The molecule has 0 fully saturated rings. The number of hydrogen-bond acceptors (Lipinski definition) is 13. The van der Waals surface area contributed by atoms with Gasteiger partial charge in [0.2, 0.25) is 0 Å². The average Bonchev–Trinajstić information content (AvgIpc) is 2.92. The zero-order chi connectivity index (χ0) is 29.4. The van der Waals surface area contributed by atoms with Gasteiger partial charge < -0.3 is 56.5 Å². The molecule has 0 rings (SSSR count). The molecule has 0 bridgehead atoms. The van der Waals surface area contributed by atoms with Crippen molar-refractivity contribution in [2.24, 2.45) is 0 Å². The summed E-state index contributed by atoms with van der Waals surface area (Å²) < 4.78 is 64.1. The van der Waals surface area contributed by atoms with Crippen molar-refractivity contribution in [3.63, 3.8) is 0 Å². The van der Waals surface area contributed by atoms with E-state index < -0.39 is 14.3 Å². The third-order valence-electron chi connectivity index (χ3n) is 4.56. The number of hydrogen-bond donors (Lipinski definition) is 0. The fraction of sp³-hybridized carbons (Fsp3) is 0.962. The zero-order valence-electron chi connectivity index (χ0n) is 25.2. The predicted octanol–water partition coefficient (Wildman–Crippen LogP) is 1.18. The molecule has 0 amide bonds. The lowest BCUT2D eigenvalue weighted by atomic mass is 10.6. The van der Waals surface area contributed by atoms with Gasteiger partial charge in [0.15, 0.2) is 8.32 Å². The third-order valence-corrected chi connectivity index (χ3v) is 5.63. The van der Waals surface area contributed by atoms with Crippen molar-refractivity contribution in [3.05, 3.63) is 0 Å². The summed E-state index contributed by atoms with van der Waals surface area (Å²) in [7, 11) is -0.135. The fourth-order valence-electron chi connectivity index (χ4n) is 2.60. The topological polar surface area (TPSA) is 128 Å². The summed E-state index contributed by atoms with van der Waals surface area (Å²) in [6.45, 7) is 16.5. The Balaban J connectivity index is 3.06. The van der Waals surface area contributed by atoms with Crippen molar-refractivity contribution < 1.29 is 61.3 Å². The average molecular weight is 603 g/mol. The van der Waals surface area contributed by atoms with E-state index in [9.17, 15) is 4.79 Å². The van der Waals surface area contributed by atoms with E-state index in [0.717, 1.165) is 0 Å². The second-order valence-corrected chi connectivity index (χ2v) is 13.6. The van der Waals surface area contributed by atoms with Crippen LogP contribution in [0.15, 0.2) is 0 Å². The van der Waals surface area contributed by atoms with Crippen molar-refractivity contribution in [1.29, 1.82) is 0 Å². The van der Waals surface area contributed by atoms with Crippen molar-refractivity contribution in [1.82, 2.24) is 0 Å². The lowest BCUT2D eigenvalue weighted by Gasteiger charge is -2.16. The van der Waals surface area contributed by atoms with E-state index in [0.29, 0.717) is 132 Å². The number of ether oxygens (including phenoxy) is 11. The molecule has 13 nitrogen and oxygen atoms in total. The van der Waals surface area contributed by atoms with Crippen molar-refractivity contribution >= 4 is 14.3 Å². The molecule has 0 heterocycles. The first-order valence-electron chi connectivity index (χ1n) is 13.9.